The standard InChI is InChI=1S/C14H13BF2O4/c1-20-10-4-2-9(3-5-10)8-21-12-7-6-11(15(18)19)13(16)14(12)17/h2-7,18-19H,8H2,1H3. The highest BCUT2D eigenvalue weighted by atomic mass is 19.2. The minimum Gasteiger partial charge on any atom is -0.497 e. The zero-order valence-electron chi connectivity index (χ0n) is 11.2. The van der Waals surface area contributed by atoms with Gasteiger partial charge in [-0.2, -0.15) is 4.39 Å². The predicted octanol–water partition coefficient (Wildman–Crippen LogP) is 1.23. The van der Waals surface area contributed by atoms with E-state index in [9.17, 15) is 8.78 Å². The Morgan fingerprint density at radius 3 is 2.24 bits per heavy atom. The number of ether oxygens (including phenoxy) is 2. The van der Waals surface area contributed by atoms with Gasteiger partial charge in [-0.05, 0) is 23.8 Å². The molecule has 0 saturated carbocycles. The quantitative estimate of drug-likeness (QED) is 0.814. The lowest BCUT2D eigenvalue weighted by molar-refractivity contribution is 0.284. The molecule has 110 valence electrons. The predicted molar refractivity (Wildman–Crippen MR) is 73.5 cm³/mol. The van der Waals surface area contributed by atoms with Crippen molar-refractivity contribution in [3.63, 3.8) is 0 Å². The smallest absolute Gasteiger partial charge is 0.491 e. The van der Waals surface area contributed by atoms with Gasteiger partial charge in [-0.15, -0.1) is 0 Å². The highest BCUT2D eigenvalue weighted by molar-refractivity contribution is 6.58. The fourth-order valence-electron chi connectivity index (χ4n) is 1.74. The number of benzene rings is 2. The molecule has 0 heterocycles. The van der Waals surface area contributed by atoms with Crippen molar-refractivity contribution in [2.75, 3.05) is 7.11 Å². The summed E-state index contributed by atoms with van der Waals surface area (Å²) < 4.78 is 37.4. The first-order valence-electron chi connectivity index (χ1n) is 6.12. The number of rotatable bonds is 5. The summed E-state index contributed by atoms with van der Waals surface area (Å²) in [5.41, 5.74) is 0.214. The zero-order chi connectivity index (χ0) is 15.4. The Morgan fingerprint density at radius 1 is 1.00 bits per heavy atom. The molecule has 0 aliphatic carbocycles. The Balaban J connectivity index is 2.11. The van der Waals surface area contributed by atoms with E-state index in [1.54, 1.807) is 31.4 Å². The Morgan fingerprint density at radius 2 is 1.67 bits per heavy atom. The summed E-state index contributed by atoms with van der Waals surface area (Å²) >= 11 is 0. The van der Waals surface area contributed by atoms with Gasteiger partial charge in [0.15, 0.2) is 17.4 Å². The molecule has 2 aromatic rings. The van der Waals surface area contributed by atoms with Crippen LogP contribution in [0.5, 0.6) is 11.5 Å². The van der Waals surface area contributed by atoms with Gasteiger partial charge in [0.2, 0.25) is 0 Å². The zero-order valence-corrected chi connectivity index (χ0v) is 11.2. The fraction of sp³-hybridized carbons (Fsp3) is 0.143. The molecule has 2 N–H and O–H groups in total. The molecular formula is C14H13BF2O4. The SMILES string of the molecule is COc1ccc(COc2ccc(B(O)O)c(F)c2F)cc1. The van der Waals surface area contributed by atoms with Gasteiger partial charge in [-0.3, -0.25) is 0 Å². The molecular weight excluding hydrogens is 281 g/mol. The van der Waals surface area contributed by atoms with Crippen molar-refractivity contribution in [1.82, 2.24) is 0 Å². The van der Waals surface area contributed by atoms with Crippen LogP contribution in [-0.2, 0) is 6.61 Å². The van der Waals surface area contributed by atoms with E-state index in [0.717, 1.165) is 17.7 Å². The maximum Gasteiger partial charge on any atom is 0.491 e. The average Bonchev–Trinajstić information content (AvgIpc) is 2.49. The van der Waals surface area contributed by atoms with E-state index in [0.29, 0.717) is 5.75 Å². The molecule has 21 heavy (non-hydrogen) atoms. The Kier molecular flexibility index (Phi) is 4.77. The van der Waals surface area contributed by atoms with Crippen molar-refractivity contribution >= 4 is 12.6 Å². The lowest BCUT2D eigenvalue weighted by Gasteiger charge is -2.10. The van der Waals surface area contributed by atoms with Crippen molar-refractivity contribution in [2.24, 2.45) is 0 Å². The second-order valence-electron chi connectivity index (χ2n) is 4.29. The van der Waals surface area contributed by atoms with Crippen molar-refractivity contribution in [2.45, 2.75) is 6.61 Å². The Labute approximate surface area is 120 Å². The van der Waals surface area contributed by atoms with Crippen molar-refractivity contribution in [1.29, 1.82) is 0 Å². The van der Waals surface area contributed by atoms with Crippen LogP contribution >= 0.6 is 0 Å². The highest BCUT2D eigenvalue weighted by Gasteiger charge is 2.22. The van der Waals surface area contributed by atoms with Crippen LogP contribution in [0.15, 0.2) is 36.4 Å². The molecule has 0 saturated heterocycles. The van der Waals surface area contributed by atoms with E-state index >= 15 is 0 Å². The summed E-state index contributed by atoms with van der Waals surface area (Å²) in [5.74, 6) is -2.21. The minimum atomic E-state index is -2.07. The molecule has 0 spiro atoms. The van der Waals surface area contributed by atoms with E-state index in [2.05, 4.69) is 0 Å². The van der Waals surface area contributed by atoms with Crippen LogP contribution in [0, 0.1) is 11.6 Å². The third kappa shape index (κ3) is 3.50. The molecule has 0 unspecified atom stereocenters. The molecule has 0 amide bonds. The first-order chi connectivity index (χ1) is 10.0. The lowest BCUT2D eigenvalue weighted by atomic mass is 9.80. The van der Waals surface area contributed by atoms with Crippen molar-refractivity contribution in [3.05, 3.63) is 53.6 Å². The van der Waals surface area contributed by atoms with E-state index < -0.39 is 24.2 Å². The summed E-state index contributed by atoms with van der Waals surface area (Å²) in [7, 11) is -0.531. The molecule has 0 atom stereocenters. The lowest BCUT2D eigenvalue weighted by Crippen LogP contribution is -2.33. The monoisotopic (exact) mass is 294 g/mol. The second kappa shape index (κ2) is 6.56. The van der Waals surface area contributed by atoms with Crippen LogP contribution in [0.2, 0.25) is 0 Å². The van der Waals surface area contributed by atoms with Gasteiger partial charge in [0.25, 0.3) is 0 Å². The van der Waals surface area contributed by atoms with Crippen molar-refractivity contribution < 1.29 is 28.3 Å². The Hall–Kier alpha value is -2.12. The van der Waals surface area contributed by atoms with Gasteiger partial charge < -0.3 is 19.5 Å². The van der Waals surface area contributed by atoms with Crippen LogP contribution in [0.3, 0.4) is 0 Å². The van der Waals surface area contributed by atoms with E-state index in [4.69, 9.17) is 19.5 Å². The van der Waals surface area contributed by atoms with Gasteiger partial charge in [-0.1, -0.05) is 18.2 Å². The summed E-state index contributed by atoms with van der Waals surface area (Å²) in [6, 6.07) is 9.13. The summed E-state index contributed by atoms with van der Waals surface area (Å²) in [5, 5.41) is 17.7. The molecule has 2 aromatic carbocycles. The number of hydrogen-bond acceptors (Lipinski definition) is 4. The molecule has 0 fully saturated rings. The normalized spacial score (nSPS) is 10.3. The van der Waals surface area contributed by atoms with Crippen LogP contribution < -0.4 is 14.9 Å². The fourth-order valence-corrected chi connectivity index (χ4v) is 1.74. The number of halogens is 2. The highest BCUT2D eigenvalue weighted by Crippen LogP contribution is 2.20. The van der Waals surface area contributed by atoms with Gasteiger partial charge in [-0.25, -0.2) is 4.39 Å². The summed E-state index contributed by atoms with van der Waals surface area (Å²) in [4.78, 5) is 0. The summed E-state index contributed by atoms with van der Waals surface area (Å²) in [6.45, 7) is 0.0430. The van der Waals surface area contributed by atoms with Gasteiger partial charge in [0, 0.05) is 5.46 Å². The number of hydrogen-bond donors (Lipinski definition) is 2. The van der Waals surface area contributed by atoms with E-state index in [-0.39, 0.29) is 12.4 Å². The molecule has 7 heteroatoms. The maximum atomic E-state index is 13.7. The molecule has 0 aliphatic heterocycles. The first kappa shape index (κ1) is 15.3. The largest absolute Gasteiger partial charge is 0.497 e. The first-order valence-corrected chi connectivity index (χ1v) is 6.12. The Bertz CT molecular complexity index is 617. The third-order valence-electron chi connectivity index (χ3n) is 2.91. The molecule has 4 nitrogen and oxygen atoms in total. The molecule has 0 aromatic heterocycles. The summed E-state index contributed by atoms with van der Waals surface area (Å²) in [6.07, 6.45) is 0. The molecule has 2 rings (SSSR count). The maximum absolute atomic E-state index is 13.7. The van der Waals surface area contributed by atoms with Crippen LogP contribution in [-0.4, -0.2) is 24.3 Å². The molecule has 0 aliphatic rings. The molecule has 0 radical (unpaired) electrons. The topological polar surface area (TPSA) is 58.9 Å². The minimum absolute atomic E-state index is 0.0430. The second-order valence-corrected chi connectivity index (χ2v) is 4.29. The number of methoxy groups -OCH3 is 1. The van der Waals surface area contributed by atoms with Crippen LogP contribution in [0.4, 0.5) is 8.78 Å². The van der Waals surface area contributed by atoms with E-state index in [1.807, 2.05) is 0 Å². The molecule has 0 bridgehead atoms. The average molecular weight is 294 g/mol. The third-order valence-corrected chi connectivity index (χ3v) is 2.91. The van der Waals surface area contributed by atoms with Gasteiger partial charge >= 0.3 is 7.12 Å². The van der Waals surface area contributed by atoms with Gasteiger partial charge in [0.05, 0.1) is 7.11 Å². The van der Waals surface area contributed by atoms with Crippen LogP contribution in [0.1, 0.15) is 5.56 Å². The van der Waals surface area contributed by atoms with Gasteiger partial charge in [0.1, 0.15) is 12.4 Å². The van der Waals surface area contributed by atoms with Crippen LogP contribution in [0.25, 0.3) is 0 Å². The van der Waals surface area contributed by atoms with E-state index in [1.165, 1.54) is 0 Å². The van der Waals surface area contributed by atoms with Crippen molar-refractivity contribution in [3.8, 4) is 11.5 Å².